The Labute approximate surface area is 739 Å². The van der Waals surface area contributed by atoms with Crippen LogP contribution >= 0.6 is 31.9 Å². The van der Waals surface area contributed by atoms with Crippen molar-refractivity contribution in [3.63, 3.8) is 0 Å². The summed E-state index contributed by atoms with van der Waals surface area (Å²) < 4.78 is 27.5. The number of carboxylic acids is 1. The Morgan fingerprint density at radius 1 is 0.309 bits per heavy atom. The van der Waals surface area contributed by atoms with E-state index in [-0.39, 0.29) is 88.1 Å². The fourth-order valence-corrected chi connectivity index (χ4v) is 14.8. The minimum atomic E-state index is -1.02. The maximum absolute atomic E-state index is 14.1. The normalized spacial score (nSPS) is 11.4. The first-order valence-corrected chi connectivity index (χ1v) is 43.1. The summed E-state index contributed by atoms with van der Waals surface area (Å²) in [6.07, 6.45) is 0. The average molecular weight is 1780 g/mol. The number of carbonyl (C=O) groups excluding carboxylic acids is 5. The molecule has 0 atom stereocenters. The van der Waals surface area contributed by atoms with Crippen molar-refractivity contribution in [2.75, 3.05) is 89.4 Å². The number of halogens is 2. The van der Waals surface area contributed by atoms with E-state index in [1.807, 2.05) is 355 Å². The Morgan fingerprint density at radius 2 is 0.496 bits per heavy atom. The van der Waals surface area contributed by atoms with Gasteiger partial charge in [-0.25, -0.2) is 0 Å². The molecule has 0 aliphatic carbocycles. The number of hydrogen-bond acceptors (Lipinski definition) is 13. The lowest BCUT2D eigenvalue weighted by Crippen LogP contribution is -2.48. The smallest absolute Gasteiger partial charge is 0.314 e. The van der Waals surface area contributed by atoms with E-state index >= 15 is 0 Å². The number of hydrogen-bond donors (Lipinski definition) is 4. The van der Waals surface area contributed by atoms with Crippen molar-refractivity contribution in [1.29, 1.82) is 0 Å². The quantitative estimate of drug-likeness (QED) is 0.0121. The molecule has 19 nitrogen and oxygen atoms in total. The number of carbonyl (C=O) groups is 6. The Balaban J connectivity index is 0.000000244. The van der Waals surface area contributed by atoms with Crippen molar-refractivity contribution in [3.05, 3.63) is 431 Å². The average Bonchev–Trinajstić information content (AvgIpc) is 0.776. The van der Waals surface area contributed by atoms with Crippen molar-refractivity contribution >= 4 is 67.4 Å². The van der Waals surface area contributed by atoms with E-state index in [0.717, 1.165) is 66.8 Å². The van der Waals surface area contributed by atoms with Gasteiger partial charge in [0.15, 0.2) is 0 Å². The van der Waals surface area contributed by atoms with Crippen LogP contribution in [0.1, 0.15) is 94.5 Å². The predicted octanol–water partition coefficient (Wildman–Crippen LogP) is 17.2. The van der Waals surface area contributed by atoms with Gasteiger partial charge in [-0.05, 0) is 94.5 Å². The molecule has 0 radical (unpaired) electrons. The van der Waals surface area contributed by atoms with Crippen molar-refractivity contribution in [2.24, 2.45) is 21.7 Å². The number of ether oxygens (including phenoxy) is 4. The predicted molar refractivity (Wildman–Crippen MR) is 492 cm³/mol. The molecule has 0 bridgehead atoms. The Morgan fingerprint density at radius 3 is 0.675 bits per heavy atom. The maximum atomic E-state index is 14.1. The fraction of sp³-hybridized carbons (Fsp3) is 0.235. The Bertz CT molecular complexity index is 4730. The van der Waals surface area contributed by atoms with Crippen molar-refractivity contribution in [1.82, 2.24) is 20.0 Å². The van der Waals surface area contributed by atoms with E-state index in [2.05, 4.69) is 83.8 Å². The summed E-state index contributed by atoms with van der Waals surface area (Å²) in [5, 5.41) is 18.8. The van der Waals surface area contributed by atoms with Gasteiger partial charge < -0.3 is 55.5 Å². The molecule has 0 fully saturated rings. The largest absolute Gasteiger partial charge is 0.481 e. The molecule has 0 unspecified atom stereocenters. The zero-order valence-electron chi connectivity index (χ0n) is 69.9. The summed E-state index contributed by atoms with van der Waals surface area (Å²) in [4.78, 5) is 79.3. The van der Waals surface area contributed by atoms with E-state index in [4.69, 9.17) is 35.5 Å². The second-order valence-electron chi connectivity index (χ2n) is 29.1. The van der Waals surface area contributed by atoms with Gasteiger partial charge in [-0.1, -0.05) is 396 Å². The Hall–Kier alpha value is -12.2. The molecule has 0 spiro atoms. The van der Waals surface area contributed by atoms with Crippen LogP contribution in [0.15, 0.2) is 374 Å². The van der Waals surface area contributed by atoms with E-state index < -0.39 is 46.1 Å². The van der Waals surface area contributed by atoms with Gasteiger partial charge in [-0.3, -0.25) is 28.8 Å². The van der Waals surface area contributed by atoms with Crippen LogP contribution in [0.4, 0.5) is 0 Å². The van der Waals surface area contributed by atoms with Gasteiger partial charge >= 0.3 is 5.97 Å². The molecule has 12 aromatic rings. The molecule has 0 aromatic heterocycles. The van der Waals surface area contributed by atoms with Gasteiger partial charge in [-0.2, -0.15) is 10.2 Å². The molecule has 5 amide bonds. The van der Waals surface area contributed by atoms with Crippen LogP contribution in [0.25, 0.3) is 0 Å². The molecule has 21 heteroatoms. The molecule has 12 aromatic carbocycles. The number of primary amides is 2. The second kappa shape index (κ2) is 49.7. The van der Waals surface area contributed by atoms with Gasteiger partial charge in [0.1, 0.15) is 27.7 Å². The van der Waals surface area contributed by atoms with Crippen LogP contribution in [0, 0.1) is 0 Å². The lowest BCUT2D eigenvalue weighted by atomic mass is 9.80. The minimum Gasteiger partial charge on any atom is -0.481 e. The topological polar surface area (TPSA) is 258 Å². The highest BCUT2D eigenvalue weighted by Crippen LogP contribution is 2.45. The number of aliphatic carboxylic acids is 1. The van der Waals surface area contributed by atoms with E-state index in [1.54, 1.807) is 0 Å². The van der Waals surface area contributed by atoms with Gasteiger partial charge in [0.25, 0.3) is 0 Å². The molecule has 0 heterocycles. The maximum Gasteiger partial charge on any atom is 0.314 e. The lowest BCUT2D eigenvalue weighted by Gasteiger charge is -2.37. The molecular formula is C102H108Br2N8O11. The van der Waals surface area contributed by atoms with E-state index in [1.165, 1.54) is 14.7 Å². The molecule has 0 saturated carbocycles. The number of carboxylic acid groups (broad SMARTS) is 1. The van der Waals surface area contributed by atoms with Crippen molar-refractivity contribution in [2.45, 2.75) is 62.2 Å². The molecule has 6 N–H and O–H groups in total. The molecule has 0 saturated heterocycles. The third-order valence-corrected chi connectivity index (χ3v) is 20.9. The molecule has 123 heavy (non-hydrogen) atoms. The van der Waals surface area contributed by atoms with E-state index in [0.29, 0.717) is 25.2 Å². The zero-order valence-corrected chi connectivity index (χ0v) is 73.0. The summed E-state index contributed by atoms with van der Waals surface area (Å²) in [5.41, 5.74) is 18.8. The van der Waals surface area contributed by atoms with Gasteiger partial charge in [-0.15, -0.1) is 0 Å². The van der Waals surface area contributed by atoms with Gasteiger partial charge in [0, 0.05) is 26.2 Å². The number of alkyl halides is 2. The van der Waals surface area contributed by atoms with Crippen LogP contribution < -0.4 is 16.8 Å². The third kappa shape index (κ3) is 26.7. The number of nitrogens with two attached hydrogens (primary N) is 2. The standard InChI is InChI=1S/C48H46BrN3O5.C46H45N3O4.C6H14N2.C2H3BrO2/c49-35-45(54)52(32-34-57-48(41-25-13-4-14-26-41,42-27-15-5-16-28-42)43-29-17-6-18-30-43)37-46(55)51(36-44(50)53)31-33-56-47(38-19-7-1-8-20-38,39-21-9-2-10-22-39)40-23-11-3-12-24-40;47-43(50)36-49(32-34-53-46(40-25-13-4-14-26-40,41-27-15-5-16-28-41)42-29-17-6-18-30-42)44(51)35-48-31-33-52-45(37-19-7-1-8-20-37,38-21-9-2-10-22-38)39-23-11-3-12-24-39;1-5(2)7-8-6(3)4;3-1-2(4)5/h1-30H,31-37H2,(H2,50,53);1-30,48H,31-36H2,(H2,47,50);5-6H,1-4H3;1H2,(H,4,5). The molecule has 12 rings (SSSR count). The molecule has 0 aliphatic heterocycles. The van der Waals surface area contributed by atoms with E-state index in [9.17, 15) is 28.8 Å². The van der Waals surface area contributed by atoms with Crippen LogP contribution in [0.2, 0.25) is 0 Å². The number of azo groups is 1. The summed E-state index contributed by atoms with van der Waals surface area (Å²) in [6.45, 7) is 8.50. The van der Waals surface area contributed by atoms with Crippen molar-refractivity contribution in [3.8, 4) is 0 Å². The monoisotopic (exact) mass is 1780 g/mol. The highest BCUT2D eigenvalue weighted by atomic mass is 79.9. The highest BCUT2D eigenvalue weighted by Gasteiger charge is 2.42. The number of benzene rings is 12. The number of nitrogens with zero attached hydrogens (tertiary/aromatic N) is 5. The van der Waals surface area contributed by atoms with Crippen LogP contribution in [-0.2, 0) is 70.1 Å². The van der Waals surface area contributed by atoms with Crippen LogP contribution in [0.5, 0.6) is 0 Å². The Kier molecular flexibility index (Phi) is 38.2. The lowest BCUT2D eigenvalue weighted by molar-refractivity contribution is -0.142. The molecule has 636 valence electrons. The summed E-state index contributed by atoms with van der Waals surface area (Å²) in [7, 11) is 0. The number of amides is 5. The van der Waals surface area contributed by atoms with Gasteiger partial charge in [0.2, 0.25) is 29.5 Å². The first kappa shape index (κ1) is 94.7. The summed E-state index contributed by atoms with van der Waals surface area (Å²) >= 11 is 6.02. The summed E-state index contributed by atoms with van der Waals surface area (Å²) in [6, 6.07) is 121. The van der Waals surface area contributed by atoms with Crippen LogP contribution in [0.3, 0.4) is 0 Å². The highest BCUT2D eigenvalue weighted by molar-refractivity contribution is 9.09. The number of rotatable bonds is 40. The zero-order chi connectivity index (χ0) is 87.6. The fourth-order valence-electron chi connectivity index (χ4n) is 14.5. The summed E-state index contributed by atoms with van der Waals surface area (Å²) in [5.74, 6) is -3.12. The van der Waals surface area contributed by atoms with Gasteiger partial charge in [0.05, 0.1) is 70.0 Å². The number of nitrogens with one attached hydrogen (secondary N) is 1. The van der Waals surface area contributed by atoms with Crippen molar-refractivity contribution < 1.29 is 52.8 Å². The second-order valence-corrected chi connectivity index (χ2v) is 30.3. The first-order chi connectivity index (χ1) is 59.8. The third-order valence-electron chi connectivity index (χ3n) is 19.9. The SMILES string of the molecule is CC(C)N=NC(C)C.NC(=O)CN(CCOC(c1ccccc1)(c1ccccc1)c1ccccc1)C(=O)CN(CCOC(c1ccccc1)(c1ccccc1)c1ccccc1)C(=O)CBr.NC(=O)CN(CCOC(c1ccccc1)(c1ccccc1)c1ccccc1)C(=O)CNCCOC(c1ccccc1)(c1ccccc1)c1ccccc1.O=C(O)CBr. The van der Waals surface area contributed by atoms with Crippen LogP contribution in [-0.4, -0.2) is 157 Å². The molecular weight excluding hydrogens is 1670 g/mol. The molecule has 0 aliphatic rings. The minimum absolute atomic E-state index is 0.00580. The first-order valence-electron chi connectivity index (χ1n) is 40.9.